The minimum absolute atomic E-state index is 0.569. The van der Waals surface area contributed by atoms with Gasteiger partial charge in [0.25, 0.3) is 0 Å². The summed E-state index contributed by atoms with van der Waals surface area (Å²) in [5.74, 6) is 0.569. The Hall–Kier alpha value is -2.42. The summed E-state index contributed by atoms with van der Waals surface area (Å²) in [6, 6.07) is 12.1. The van der Waals surface area contributed by atoms with Crippen LogP contribution in [0.1, 0.15) is 5.89 Å². The van der Waals surface area contributed by atoms with Gasteiger partial charge >= 0.3 is 0 Å². The molecule has 0 unspecified atom stereocenters. The summed E-state index contributed by atoms with van der Waals surface area (Å²) < 4.78 is 4.75. The van der Waals surface area contributed by atoms with Crippen LogP contribution in [0.5, 0.6) is 0 Å². The smallest absolute Gasteiger partial charge is 0.217 e. The highest BCUT2D eigenvalue weighted by molar-refractivity contribution is 5.77. The molecule has 1 aromatic carbocycles. The number of hydrogen-bond donors (Lipinski definition) is 0. The van der Waals surface area contributed by atoms with Gasteiger partial charge in [0.15, 0.2) is 0 Å². The average molecular weight is 224 g/mol. The zero-order valence-electron chi connectivity index (χ0n) is 9.28. The topological polar surface area (TPSA) is 38.9 Å². The number of benzene rings is 1. The number of aromatic nitrogens is 2. The van der Waals surface area contributed by atoms with Crippen molar-refractivity contribution in [3.63, 3.8) is 0 Å². The molecule has 0 saturated carbocycles. The summed E-state index contributed by atoms with van der Waals surface area (Å²) in [6.45, 7) is 3.45. The van der Waals surface area contributed by atoms with E-state index in [-0.39, 0.29) is 0 Å². The number of pyridine rings is 1. The first kappa shape index (κ1) is 11.1. The molecule has 2 heterocycles. The monoisotopic (exact) mass is 224 g/mol. The Kier molecular flexibility index (Phi) is 3.65. The Morgan fingerprint density at radius 2 is 1.82 bits per heavy atom. The van der Waals surface area contributed by atoms with E-state index in [1.54, 1.807) is 12.3 Å². The first-order valence-electron chi connectivity index (χ1n) is 5.22. The number of fused-ring (bicyclic) bond motifs is 1. The normalized spacial score (nSPS) is 9.41. The second-order valence-electron chi connectivity index (χ2n) is 3.27. The van der Waals surface area contributed by atoms with Crippen LogP contribution in [0.3, 0.4) is 0 Å². The van der Waals surface area contributed by atoms with E-state index in [9.17, 15) is 0 Å². The molecule has 17 heavy (non-hydrogen) atoms. The van der Waals surface area contributed by atoms with Crippen molar-refractivity contribution < 1.29 is 4.42 Å². The molecule has 84 valence electrons. The maximum Gasteiger partial charge on any atom is 0.217 e. The third-order valence-corrected chi connectivity index (χ3v) is 2.14. The van der Waals surface area contributed by atoms with Crippen LogP contribution in [-0.2, 0) is 0 Å². The molecule has 0 spiro atoms. The van der Waals surface area contributed by atoms with E-state index in [4.69, 9.17) is 4.42 Å². The first-order chi connectivity index (χ1) is 8.40. The number of hydrogen-bond acceptors (Lipinski definition) is 3. The van der Waals surface area contributed by atoms with Gasteiger partial charge in [-0.1, -0.05) is 30.8 Å². The minimum atomic E-state index is 0.569. The fourth-order valence-electron chi connectivity index (χ4n) is 1.35. The highest BCUT2D eigenvalue weighted by Gasteiger charge is 1.86. The number of para-hydroxylation sites is 1. The fourth-order valence-corrected chi connectivity index (χ4v) is 1.35. The van der Waals surface area contributed by atoms with E-state index >= 15 is 0 Å². The van der Waals surface area contributed by atoms with Gasteiger partial charge in [0.2, 0.25) is 5.89 Å². The van der Waals surface area contributed by atoms with Crippen molar-refractivity contribution in [1.29, 1.82) is 0 Å². The molecule has 0 bridgehead atoms. The molecule has 0 saturated heterocycles. The van der Waals surface area contributed by atoms with Gasteiger partial charge in [-0.05, 0) is 18.2 Å². The van der Waals surface area contributed by atoms with E-state index in [0.717, 1.165) is 5.52 Å². The fraction of sp³-hybridized carbons (Fsp3) is 0. The third-order valence-electron chi connectivity index (χ3n) is 2.14. The summed E-state index contributed by atoms with van der Waals surface area (Å²) in [5.41, 5.74) is 1.06. The maximum absolute atomic E-state index is 4.75. The predicted molar refractivity (Wildman–Crippen MR) is 68.3 cm³/mol. The van der Waals surface area contributed by atoms with E-state index in [0.29, 0.717) is 5.89 Å². The van der Waals surface area contributed by atoms with E-state index < -0.39 is 0 Å². The van der Waals surface area contributed by atoms with Crippen molar-refractivity contribution in [2.45, 2.75) is 0 Å². The molecule has 3 rings (SSSR count). The van der Waals surface area contributed by atoms with Crippen LogP contribution >= 0.6 is 0 Å². The molecule has 3 heteroatoms. The second kappa shape index (κ2) is 5.61. The van der Waals surface area contributed by atoms with E-state index in [2.05, 4.69) is 28.7 Å². The SMILES string of the molecule is C=Cc1ncco1.c1ccc2ncccc2c1. The molecule has 0 aliphatic rings. The van der Waals surface area contributed by atoms with Crippen LogP contribution in [0.25, 0.3) is 17.0 Å². The van der Waals surface area contributed by atoms with Crippen molar-refractivity contribution >= 4 is 17.0 Å². The number of rotatable bonds is 1. The molecule has 0 atom stereocenters. The average Bonchev–Trinajstić information content (AvgIpc) is 2.93. The van der Waals surface area contributed by atoms with Gasteiger partial charge in [-0.25, -0.2) is 4.98 Å². The van der Waals surface area contributed by atoms with Crippen LogP contribution in [0.2, 0.25) is 0 Å². The van der Waals surface area contributed by atoms with Crippen molar-refractivity contribution in [2.24, 2.45) is 0 Å². The summed E-state index contributed by atoms with van der Waals surface area (Å²) >= 11 is 0. The third kappa shape index (κ3) is 3.01. The Balaban J connectivity index is 0.000000136. The summed E-state index contributed by atoms with van der Waals surface area (Å²) in [7, 11) is 0. The lowest BCUT2D eigenvalue weighted by molar-refractivity contribution is 0.546. The Morgan fingerprint density at radius 1 is 1.00 bits per heavy atom. The number of nitrogens with zero attached hydrogens (tertiary/aromatic N) is 2. The van der Waals surface area contributed by atoms with E-state index in [1.165, 1.54) is 11.6 Å². The summed E-state index contributed by atoms with van der Waals surface area (Å²) in [6.07, 6.45) is 6.45. The van der Waals surface area contributed by atoms with Crippen LogP contribution in [0, 0.1) is 0 Å². The molecular formula is C14H12N2O. The summed E-state index contributed by atoms with van der Waals surface area (Å²) in [4.78, 5) is 7.93. The van der Waals surface area contributed by atoms with Crippen LogP contribution in [0.15, 0.2) is 66.1 Å². The quantitative estimate of drug-likeness (QED) is 0.634. The zero-order chi connectivity index (χ0) is 11.9. The van der Waals surface area contributed by atoms with Gasteiger partial charge in [0.05, 0.1) is 11.7 Å². The highest BCUT2D eigenvalue weighted by Crippen LogP contribution is 2.07. The second-order valence-corrected chi connectivity index (χ2v) is 3.27. The maximum atomic E-state index is 4.75. The molecule has 0 radical (unpaired) electrons. The minimum Gasteiger partial charge on any atom is -0.445 e. The van der Waals surface area contributed by atoms with Gasteiger partial charge in [-0.3, -0.25) is 4.98 Å². The lowest BCUT2D eigenvalue weighted by Gasteiger charge is -1.91. The van der Waals surface area contributed by atoms with Crippen molar-refractivity contribution in [3.8, 4) is 0 Å². The predicted octanol–water partition coefficient (Wildman–Crippen LogP) is 3.55. The Bertz CT molecular complexity index is 522. The van der Waals surface area contributed by atoms with E-state index in [1.807, 2.05) is 30.5 Å². The molecule has 0 aliphatic carbocycles. The Morgan fingerprint density at radius 3 is 2.47 bits per heavy atom. The standard InChI is InChI=1S/C9H7N.C5H5NO/c1-2-6-9-8(4-1)5-3-7-10-9;1-2-5-6-3-4-7-5/h1-7H;2-4H,1H2. The summed E-state index contributed by atoms with van der Waals surface area (Å²) in [5, 5.41) is 1.20. The first-order valence-corrected chi connectivity index (χ1v) is 5.22. The molecule has 0 N–H and O–H groups in total. The molecular weight excluding hydrogens is 212 g/mol. The van der Waals surface area contributed by atoms with Gasteiger partial charge < -0.3 is 4.42 Å². The van der Waals surface area contributed by atoms with Gasteiger partial charge in [-0.2, -0.15) is 0 Å². The lowest BCUT2D eigenvalue weighted by Crippen LogP contribution is -1.73. The van der Waals surface area contributed by atoms with Crippen molar-refractivity contribution in [2.75, 3.05) is 0 Å². The lowest BCUT2D eigenvalue weighted by atomic mass is 10.2. The molecule has 3 nitrogen and oxygen atoms in total. The van der Waals surface area contributed by atoms with Gasteiger partial charge in [0, 0.05) is 11.6 Å². The highest BCUT2D eigenvalue weighted by atomic mass is 16.3. The molecule has 0 amide bonds. The van der Waals surface area contributed by atoms with Crippen LogP contribution in [0.4, 0.5) is 0 Å². The molecule has 2 aromatic heterocycles. The Labute approximate surface area is 99.4 Å². The van der Waals surface area contributed by atoms with Crippen LogP contribution < -0.4 is 0 Å². The zero-order valence-corrected chi connectivity index (χ0v) is 9.28. The van der Waals surface area contributed by atoms with Crippen LogP contribution in [-0.4, -0.2) is 9.97 Å². The largest absolute Gasteiger partial charge is 0.445 e. The molecule has 0 fully saturated rings. The van der Waals surface area contributed by atoms with Crippen molar-refractivity contribution in [3.05, 3.63) is 67.5 Å². The number of oxazole rings is 1. The molecule has 3 aromatic rings. The molecule has 0 aliphatic heterocycles. The van der Waals surface area contributed by atoms with Gasteiger partial charge in [0.1, 0.15) is 6.26 Å². The van der Waals surface area contributed by atoms with Crippen molar-refractivity contribution in [1.82, 2.24) is 9.97 Å². The van der Waals surface area contributed by atoms with Gasteiger partial charge in [-0.15, -0.1) is 0 Å².